The zero-order valence-corrected chi connectivity index (χ0v) is 13.2. The first-order chi connectivity index (χ1) is 10.1. The quantitative estimate of drug-likeness (QED) is 0.896. The summed E-state index contributed by atoms with van der Waals surface area (Å²) >= 11 is 12.3. The molecule has 0 unspecified atom stereocenters. The van der Waals surface area contributed by atoms with Gasteiger partial charge < -0.3 is 10.1 Å². The number of hydrogen-bond donors (Lipinski definition) is 1. The van der Waals surface area contributed by atoms with Crippen molar-refractivity contribution < 1.29 is 4.74 Å². The van der Waals surface area contributed by atoms with E-state index < -0.39 is 0 Å². The van der Waals surface area contributed by atoms with Crippen LogP contribution in [0.25, 0.3) is 11.1 Å². The van der Waals surface area contributed by atoms with Gasteiger partial charge >= 0.3 is 0 Å². The Balaban J connectivity index is 1.81. The van der Waals surface area contributed by atoms with Crippen LogP contribution in [0.4, 0.5) is 0 Å². The van der Waals surface area contributed by atoms with E-state index in [1.54, 1.807) is 24.5 Å². The van der Waals surface area contributed by atoms with E-state index in [1.165, 1.54) is 0 Å². The SMILES string of the molecule is CNC1(COc2cncc(-c3cc(Cl)ccc3Cl)c2)CC1. The summed E-state index contributed by atoms with van der Waals surface area (Å²) in [5.74, 6) is 0.741. The maximum absolute atomic E-state index is 6.23. The van der Waals surface area contributed by atoms with Crippen LogP contribution in [0.3, 0.4) is 0 Å². The molecule has 1 heterocycles. The minimum absolute atomic E-state index is 0.143. The molecule has 1 aromatic heterocycles. The van der Waals surface area contributed by atoms with Crippen LogP contribution in [0.2, 0.25) is 10.0 Å². The van der Waals surface area contributed by atoms with Gasteiger partial charge in [-0.2, -0.15) is 0 Å². The Morgan fingerprint density at radius 3 is 2.76 bits per heavy atom. The minimum atomic E-state index is 0.143. The van der Waals surface area contributed by atoms with Gasteiger partial charge in [-0.1, -0.05) is 23.2 Å². The van der Waals surface area contributed by atoms with Crippen molar-refractivity contribution in [1.29, 1.82) is 0 Å². The summed E-state index contributed by atoms with van der Waals surface area (Å²) in [5, 5.41) is 4.59. The van der Waals surface area contributed by atoms with E-state index in [2.05, 4.69) is 10.3 Å². The van der Waals surface area contributed by atoms with Gasteiger partial charge in [-0.3, -0.25) is 4.98 Å². The van der Waals surface area contributed by atoms with Crippen LogP contribution in [0, 0.1) is 0 Å². The molecule has 1 aliphatic carbocycles. The summed E-state index contributed by atoms with van der Waals surface area (Å²) in [6.07, 6.45) is 5.77. The number of nitrogens with one attached hydrogen (secondary N) is 1. The second-order valence-electron chi connectivity index (χ2n) is 5.35. The molecule has 1 aliphatic rings. The first-order valence-corrected chi connectivity index (χ1v) is 7.60. The van der Waals surface area contributed by atoms with Crippen molar-refractivity contribution in [2.24, 2.45) is 0 Å². The van der Waals surface area contributed by atoms with Crippen LogP contribution in [0.5, 0.6) is 5.75 Å². The van der Waals surface area contributed by atoms with E-state index in [9.17, 15) is 0 Å². The van der Waals surface area contributed by atoms with Gasteiger partial charge in [-0.15, -0.1) is 0 Å². The summed E-state index contributed by atoms with van der Waals surface area (Å²) in [6.45, 7) is 0.651. The Morgan fingerprint density at radius 2 is 2.05 bits per heavy atom. The topological polar surface area (TPSA) is 34.1 Å². The molecule has 0 amide bonds. The Hall–Kier alpha value is -1.29. The van der Waals surface area contributed by atoms with Crippen LogP contribution in [-0.4, -0.2) is 24.2 Å². The maximum atomic E-state index is 6.23. The highest BCUT2D eigenvalue weighted by Crippen LogP contribution is 2.36. The molecule has 3 rings (SSSR count). The molecule has 1 saturated carbocycles. The molecule has 0 bridgehead atoms. The first-order valence-electron chi connectivity index (χ1n) is 6.84. The summed E-state index contributed by atoms with van der Waals surface area (Å²) in [6, 6.07) is 7.33. The number of halogens is 2. The molecule has 1 aromatic carbocycles. The average Bonchev–Trinajstić information content (AvgIpc) is 3.29. The van der Waals surface area contributed by atoms with Crippen molar-refractivity contribution in [2.45, 2.75) is 18.4 Å². The minimum Gasteiger partial charge on any atom is -0.490 e. The molecule has 0 atom stereocenters. The fourth-order valence-corrected chi connectivity index (χ4v) is 2.60. The van der Waals surface area contributed by atoms with E-state index in [0.29, 0.717) is 16.7 Å². The standard InChI is InChI=1S/C16H16Cl2N2O/c1-19-16(4-5-16)10-21-13-6-11(8-20-9-13)14-7-12(17)2-3-15(14)18/h2-3,6-9,19H,4-5,10H2,1H3. The van der Waals surface area contributed by atoms with Gasteiger partial charge in [-0.05, 0) is 44.2 Å². The molecule has 0 radical (unpaired) electrons. The third kappa shape index (κ3) is 3.31. The van der Waals surface area contributed by atoms with Gasteiger partial charge in [0.1, 0.15) is 12.4 Å². The molecule has 0 aliphatic heterocycles. The van der Waals surface area contributed by atoms with E-state index >= 15 is 0 Å². The highest BCUT2D eigenvalue weighted by molar-refractivity contribution is 6.35. The van der Waals surface area contributed by atoms with Gasteiger partial charge in [0.2, 0.25) is 0 Å². The number of benzene rings is 1. The predicted octanol–water partition coefficient (Wildman–Crippen LogP) is 4.19. The molecule has 21 heavy (non-hydrogen) atoms. The molecular weight excluding hydrogens is 307 g/mol. The zero-order chi connectivity index (χ0) is 14.9. The first kappa shape index (κ1) is 14.6. The van der Waals surface area contributed by atoms with Crippen molar-refractivity contribution in [3.05, 3.63) is 46.7 Å². The van der Waals surface area contributed by atoms with E-state index in [0.717, 1.165) is 29.7 Å². The van der Waals surface area contributed by atoms with Crippen molar-refractivity contribution in [3.8, 4) is 16.9 Å². The van der Waals surface area contributed by atoms with Gasteiger partial charge in [0.05, 0.1) is 11.7 Å². The van der Waals surface area contributed by atoms with Crippen LogP contribution >= 0.6 is 23.2 Å². The Labute approximate surface area is 134 Å². The molecule has 5 heteroatoms. The largest absolute Gasteiger partial charge is 0.490 e. The lowest BCUT2D eigenvalue weighted by molar-refractivity contribution is 0.259. The third-order valence-electron chi connectivity index (χ3n) is 3.85. The Kier molecular flexibility index (Phi) is 4.07. The highest BCUT2D eigenvalue weighted by Gasteiger charge is 2.41. The molecule has 1 N–H and O–H groups in total. The number of likely N-dealkylation sites (N-methyl/N-ethyl adjacent to an activating group) is 1. The summed E-state index contributed by atoms with van der Waals surface area (Å²) in [4.78, 5) is 4.23. The van der Waals surface area contributed by atoms with E-state index in [1.807, 2.05) is 19.2 Å². The van der Waals surface area contributed by atoms with Crippen molar-refractivity contribution in [3.63, 3.8) is 0 Å². The predicted molar refractivity (Wildman–Crippen MR) is 86.2 cm³/mol. The van der Waals surface area contributed by atoms with Gasteiger partial charge in [0, 0.05) is 27.4 Å². The second kappa shape index (κ2) is 5.84. The van der Waals surface area contributed by atoms with Crippen molar-refractivity contribution in [2.75, 3.05) is 13.7 Å². The molecule has 2 aromatic rings. The fourth-order valence-electron chi connectivity index (χ4n) is 2.20. The van der Waals surface area contributed by atoms with Crippen molar-refractivity contribution in [1.82, 2.24) is 10.3 Å². The third-order valence-corrected chi connectivity index (χ3v) is 4.42. The highest BCUT2D eigenvalue weighted by atomic mass is 35.5. The van der Waals surface area contributed by atoms with Gasteiger partial charge in [0.15, 0.2) is 0 Å². The monoisotopic (exact) mass is 322 g/mol. The molecule has 110 valence electrons. The lowest BCUT2D eigenvalue weighted by Gasteiger charge is -2.15. The van der Waals surface area contributed by atoms with Crippen molar-refractivity contribution >= 4 is 23.2 Å². The van der Waals surface area contributed by atoms with E-state index in [-0.39, 0.29) is 5.54 Å². The number of ether oxygens (including phenoxy) is 1. The summed E-state index contributed by atoms with van der Waals surface area (Å²) in [7, 11) is 1.97. The second-order valence-corrected chi connectivity index (χ2v) is 6.20. The molecule has 1 fully saturated rings. The normalized spacial score (nSPS) is 15.8. The lowest BCUT2D eigenvalue weighted by Crippen LogP contribution is -2.33. The lowest BCUT2D eigenvalue weighted by atomic mass is 10.1. The van der Waals surface area contributed by atoms with E-state index in [4.69, 9.17) is 27.9 Å². The average molecular weight is 323 g/mol. The number of aromatic nitrogens is 1. The molecule has 0 saturated heterocycles. The zero-order valence-electron chi connectivity index (χ0n) is 11.7. The van der Waals surface area contributed by atoms with Crippen LogP contribution in [-0.2, 0) is 0 Å². The molecular formula is C16H16Cl2N2O. The van der Waals surface area contributed by atoms with Gasteiger partial charge in [0.25, 0.3) is 0 Å². The van der Waals surface area contributed by atoms with Crippen LogP contribution in [0.15, 0.2) is 36.7 Å². The number of rotatable bonds is 5. The number of hydrogen-bond acceptors (Lipinski definition) is 3. The number of pyridine rings is 1. The van der Waals surface area contributed by atoms with Crippen LogP contribution in [0.1, 0.15) is 12.8 Å². The summed E-state index contributed by atoms with van der Waals surface area (Å²) < 4.78 is 5.86. The Bertz CT molecular complexity index is 656. The van der Waals surface area contributed by atoms with Gasteiger partial charge in [-0.25, -0.2) is 0 Å². The molecule has 3 nitrogen and oxygen atoms in total. The smallest absolute Gasteiger partial charge is 0.138 e. The maximum Gasteiger partial charge on any atom is 0.138 e. The summed E-state index contributed by atoms with van der Waals surface area (Å²) in [5.41, 5.74) is 1.90. The number of nitrogens with zero attached hydrogens (tertiary/aromatic N) is 1. The Morgan fingerprint density at radius 1 is 1.24 bits per heavy atom. The molecule has 0 spiro atoms. The fraction of sp³-hybridized carbons (Fsp3) is 0.312. The van der Waals surface area contributed by atoms with Crippen LogP contribution < -0.4 is 10.1 Å².